The lowest BCUT2D eigenvalue weighted by Gasteiger charge is -2.06. The van der Waals surface area contributed by atoms with Crippen LogP contribution in [0.5, 0.6) is 0 Å². The van der Waals surface area contributed by atoms with Gasteiger partial charge in [0.2, 0.25) is 0 Å². The maximum Gasteiger partial charge on any atom is 0.187 e. The van der Waals surface area contributed by atoms with Crippen molar-refractivity contribution < 1.29 is 0 Å². The highest BCUT2D eigenvalue weighted by Crippen LogP contribution is 2.34. The van der Waals surface area contributed by atoms with Crippen molar-refractivity contribution >= 4 is 17.2 Å². The van der Waals surface area contributed by atoms with Crippen molar-refractivity contribution in [2.75, 3.05) is 0 Å². The van der Waals surface area contributed by atoms with Crippen LogP contribution in [-0.4, -0.2) is 9.38 Å². The number of rotatable bonds is 3. The Morgan fingerprint density at radius 1 is 0.815 bits per heavy atom. The Bertz CT molecular complexity index is 1170. The van der Waals surface area contributed by atoms with Gasteiger partial charge in [-0.2, -0.15) is 0 Å². The number of benzene rings is 2. The third-order valence-electron chi connectivity index (χ3n) is 4.97. The van der Waals surface area contributed by atoms with Crippen LogP contribution < -0.4 is 0 Å². The Labute approximate surface area is 159 Å². The average molecular weight is 354 g/mol. The lowest BCUT2D eigenvalue weighted by molar-refractivity contribution is 1.10. The fraction of sp³-hybridized carbons (Fsp3) is 0.174. The normalized spacial score (nSPS) is 11.6. The summed E-state index contributed by atoms with van der Waals surface area (Å²) in [6, 6.07) is 18.4. The van der Waals surface area contributed by atoms with Crippen LogP contribution >= 0.6 is 0 Å². The molecule has 0 amide bonds. The number of pyridine rings is 1. The minimum atomic E-state index is 0.749. The van der Waals surface area contributed by atoms with Crippen molar-refractivity contribution in [3.63, 3.8) is 0 Å². The van der Waals surface area contributed by atoms with Gasteiger partial charge in [-0.25, -0.2) is 4.98 Å². The van der Waals surface area contributed by atoms with Crippen molar-refractivity contribution in [1.82, 2.24) is 9.38 Å². The standard InChI is InChI=1S/C23H22N4/c1-15-11-12-19(17(3)14-15)22-23(27-13-6-5-10-21(27)24-22)26-25-20-9-7-8-16(2)18(20)4/h5-14H,1-4H3. The molecule has 4 nitrogen and oxygen atoms in total. The fourth-order valence-corrected chi connectivity index (χ4v) is 3.28. The van der Waals surface area contributed by atoms with E-state index in [1.807, 2.05) is 40.9 Å². The zero-order valence-electron chi connectivity index (χ0n) is 16.1. The Hall–Kier alpha value is -3.27. The number of aryl methyl sites for hydroxylation is 3. The van der Waals surface area contributed by atoms with Crippen LogP contribution in [0.25, 0.3) is 16.9 Å². The second-order valence-corrected chi connectivity index (χ2v) is 6.95. The molecule has 0 spiro atoms. The summed E-state index contributed by atoms with van der Waals surface area (Å²) < 4.78 is 1.99. The van der Waals surface area contributed by atoms with Crippen LogP contribution in [0.2, 0.25) is 0 Å². The zero-order chi connectivity index (χ0) is 19.0. The lowest BCUT2D eigenvalue weighted by atomic mass is 10.0. The Kier molecular flexibility index (Phi) is 4.32. The van der Waals surface area contributed by atoms with Crippen LogP contribution in [0.3, 0.4) is 0 Å². The smallest absolute Gasteiger partial charge is 0.187 e. The van der Waals surface area contributed by atoms with Gasteiger partial charge >= 0.3 is 0 Å². The van der Waals surface area contributed by atoms with Gasteiger partial charge in [0.15, 0.2) is 5.82 Å². The summed E-state index contributed by atoms with van der Waals surface area (Å²) in [4.78, 5) is 4.83. The molecular weight excluding hydrogens is 332 g/mol. The predicted molar refractivity (Wildman–Crippen MR) is 110 cm³/mol. The van der Waals surface area contributed by atoms with Crippen LogP contribution in [0, 0.1) is 27.7 Å². The molecule has 0 aliphatic heterocycles. The second kappa shape index (κ2) is 6.80. The van der Waals surface area contributed by atoms with E-state index in [1.165, 1.54) is 16.7 Å². The van der Waals surface area contributed by atoms with Crippen molar-refractivity contribution in [1.29, 1.82) is 0 Å². The second-order valence-electron chi connectivity index (χ2n) is 6.95. The summed E-state index contributed by atoms with van der Waals surface area (Å²) in [6.07, 6.45) is 1.98. The maximum absolute atomic E-state index is 4.83. The minimum absolute atomic E-state index is 0.749. The Morgan fingerprint density at radius 3 is 2.48 bits per heavy atom. The quantitative estimate of drug-likeness (QED) is 0.380. The summed E-state index contributed by atoms with van der Waals surface area (Å²) >= 11 is 0. The average Bonchev–Trinajstić information content (AvgIpc) is 3.01. The molecule has 4 aromatic rings. The molecule has 4 heteroatoms. The van der Waals surface area contributed by atoms with Gasteiger partial charge in [-0.3, -0.25) is 4.40 Å². The number of fused-ring (bicyclic) bond motifs is 1. The first-order valence-electron chi connectivity index (χ1n) is 9.07. The van der Waals surface area contributed by atoms with Crippen LogP contribution in [-0.2, 0) is 0 Å². The van der Waals surface area contributed by atoms with Gasteiger partial charge in [0, 0.05) is 11.8 Å². The van der Waals surface area contributed by atoms with E-state index in [4.69, 9.17) is 4.98 Å². The molecule has 0 bridgehead atoms. The highest BCUT2D eigenvalue weighted by atomic mass is 15.2. The van der Waals surface area contributed by atoms with Crippen molar-refractivity contribution in [3.8, 4) is 11.3 Å². The van der Waals surface area contributed by atoms with Gasteiger partial charge in [-0.1, -0.05) is 42.0 Å². The van der Waals surface area contributed by atoms with Crippen molar-refractivity contribution in [3.05, 3.63) is 83.0 Å². The molecule has 0 aliphatic carbocycles. The van der Waals surface area contributed by atoms with Gasteiger partial charge in [0.1, 0.15) is 11.3 Å². The van der Waals surface area contributed by atoms with Crippen molar-refractivity contribution in [2.45, 2.75) is 27.7 Å². The minimum Gasteiger partial charge on any atom is -0.283 e. The highest BCUT2D eigenvalue weighted by Gasteiger charge is 2.15. The van der Waals surface area contributed by atoms with Gasteiger partial charge in [-0.15, -0.1) is 10.2 Å². The van der Waals surface area contributed by atoms with Gasteiger partial charge < -0.3 is 0 Å². The lowest BCUT2D eigenvalue weighted by Crippen LogP contribution is -1.86. The van der Waals surface area contributed by atoms with Crippen LogP contribution in [0.1, 0.15) is 22.3 Å². The van der Waals surface area contributed by atoms with Crippen molar-refractivity contribution in [2.24, 2.45) is 10.2 Å². The Balaban J connectivity index is 1.91. The van der Waals surface area contributed by atoms with E-state index in [-0.39, 0.29) is 0 Å². The van der Waals surface area contributed by atoms with Gasteiger partial charge in [-0.05, 0) is 62.6 Å². The molecule has 0 saturated carbocycles. The summed E-state index contributed by atoms with van der Waals surface area (Å²) in [5, 5.41) is 9.19. The molecular formula is C23H22N4. The number of azo groups is 1. The summed E-state index contributed by atoms with van der Waals surface area (Å²) in [5.74, 6) is 0.749. The first-order valence-corrected chi connectivity index (χ1v) is 9.07. The first kappa shape index (κ1) is 17.2. The molecule has 0 atom stereocenters. The van der Waals surface area contributed by atoms with E-state index in [9.17, 15) is 0 Å². The summed E-state index contributed by atoms with van der Waals surface area (Å²) in [5.41, 5.74) is 8.45. The molecule has 2 aromatic carbocycles. The van der Waals surface area contributed by atoms with E-state index in [0.717, 1.165) is 34.0 Å². The van der Waals surface area contributed by atoms with Gasteiger partial charge in [0.25, 0.3) is 0 Å². The summed E-state index contributed by atoms with van der Waals surface area (Å²) in [6.45, 7) is 8.37. The molecule has 27 heavy (non-hydrogen) atoms. The summed E-state index contributed by atoms with van der Waals surface area (Å²) in [7, 11) is 0. The van der Waals surface area contributed by atoms with Crippen LogP contribution in [0.4, 0.5) is 11.5 Å². The van der Waals surface area contributed by atoms with Gasteiger partial charge in [0.05, 0.1) is 5.69 Å². The Morgan fingerprint density at radius 2 is 1.67 bits per heavy atom. The number of imidazole rings is 1. The van der Waals surface area contributed by atoms with E-state index in [2.05, 4.69) is 62.2 Å². The number of aromatic nitrogens is 2. The molecule has 4 rings (SSSR count). The van der Waals surface area contributed by atoms with Crippen LogP contribution in [0.15, 0.2) is 71.0 Å². The molecule has 0 N–H and O–H groups in total. The number of hydrogen-bond acceptors (Lipinski definition) is 3. The largest absolute Gasteiger partial charge is 0.283 e. The third kappa shape index (κ3) is 3.14. The predicted octanol–water partition coefficient (Wildman–Crippen LogP) is 6.65. The molecule has 0 aliphatic rings. The monoisotopic (exact) mass is 354 g/mol. The molecule has 0 fully saturated rings. The van der Waals surface area contributed by atoms with E-state index >= 15 is 0 Å². The highest BCUT2D eigenvalue weighted by molar-refractivity contribution is 5.76. The third-order valence-corrected chi connectivity index (χ3v) is 4.97. The van der Waals surface area contributed by atoms with E-state index < -0.39 is 0 Å². The molecule has 0 unspecified atom stereocenters. The maximum atomic E-state index is 4.83. The molecule has 2 aromatic heterocycles. The molecule has 2 heterocycles. The molecule has 0 saturated heterocycles. The van der Waals surface area contributed by atoms with E-state index in [0.29, 0.717) is 0 Å². The molecule has 134 valence electrons. The number of hydrogen-bond donors (Lipinski definition) is 0. The van der Waals surface area contributed by atoms with E-state index in [1.54, 1.807) is 0 Å². The number of nitrogens with zero attached hydrogens (tertiary/aromatic N) is 4. The SMILES string of the molecule is Cc1ccc(-c2nc3ccccn3c2N=Nc2cccc(C)c2C)c(C)c1. The first-order chi connectivity index (χ1) is 13.0. The molecule has 0 radical (unpaired) electrons. The zero-order valence-corrected chi connectivity index (χ0v) is 16.1. The fourth-order valence-electron chi connectivity index (χ4n) is 3.28. The topological polar surface area (TPSA) is 42.0 Å².